The first-order valence-corrected chi connectivity index (χ1v) is 7.85. The molecule has 0 radical (unpaired) electrons. The maximum Gasteiger partial charge on any atom is 0.410 e. The highest BCUT2D eigenvalue weighted by molar-refractivity contribution is 5.69. The molecule has 1 aliphatic heterocycles. The van der Waals surface area contributed by atoms with Crippen molar-refractivity contribution in [3.63, 3.8) is 0 Å². The third kappa shape index (κ3) is 3.14. The number of nitrogens with zero attached hydrogens (tertiary/aromatic N) is 1. The van der Waals surface area contributed by atoms with Crippen LogP contribution in [0.25, 0.3) is 0 Å². The van der Waals surface area contributed by atoms with Crippen LogP contribution in [0.4, 0.5) is 4.79 Å². The quantitative estimate of drug-likeness (QED) is 0.819. The summed E-state index contributed by atoms with van der Waals surface area (Å²) in [6.07, 6.45) is 1.43. The number of hydrogen-bond acceptors (Lipinski definition) is 2. The fourth-order valence-corrected chi connectivity index (χ4v) is 2.88. The highest BCUT2D eigenvalue weighted by atomic mass is 16.6. The van der Waals surface area contributed by atoms with E-state index in [0.29, 0.717) is 13.1 Å². The molecule has 1 atom stereocenters. The molecule has 0 aliphatic carbocycles. The fraction of sp³-hybridized carbons (Fsp3) is 0.316. The molecular formula is C19H21NO2. The van der Waals surface area contributed by atoms with Gasteiger partial charge in [0.1, 0.15) is 6.10 Å². The van der Waals surface area contributed by atoms with Crippen LogP contribution in [0.15, 0.2) is 54.6 Å². The Kier molecular flexibility index (Phi) is 4.42. The normalized spacial score (nSPS) is 14.5. The predicted molar refractivity (Wildman–Crippen MR) is 86.3 cm³/mol. The Morgan fingerprint density at radius 1 is 1.05 bits per heavy atom. The van der Waals surface area contributed by atoms with Crippen LogP contribution < -0.4 is 0 Å². The highest BCUT2D eigenvalue weighted by Gasteiger charge is 2.26. The third-order valence-electron chi connectivity index (χ3n) is 4.06. The van der Waals surface area contributed by atoms with Crippen LogP contribution in [0.3, 0.4) is 0 Å². The smallest absolute Gasteiger partial charge is 0.410 e. The van der Waals surface area contributed by atoms with Crippen LogP contribution in [0, 0.1) is 0 Å². The minimum atomic E-state index is -0.224. The first-order chi connectivity index (χ1) is 10.8. The maximum absolute atomic E-state index is 12.5. The fourth-order valence-electron chi connectivity index (χ4n) is 2.88. The van der Waals surface area contributed by atoms with E-state index in [1.807, 2.05) is 42.5 Å². The molecule has 0 N–H and O–H groups in total. The summed E-state index contributed by atoms with van der Waals surface area (Å²) in [5.41, 5.74) is 3.49. The summed E-state index contributed by atoms with van der Waals surface area (Å²) in [6, 6.07) is 18.2. The SMILES string of the molecule is CCCC(OC(=O)N1Cc2ccccc2C1)c1ccccc1. The van der Waals surface area contributed by atoms with Gasteiger partial charge in [-0.05, 0) is 23.1 Å². The van der Waals surface area contributed by atoms with E-state index in [1.54, 1.807) is 4.90 Å². The second-order valence-corrected chi connectivity index (χ2v) is 5.70. The molecule has 0 saturated heterocycles. The van der Waals surface area contributed by atoms with E-state index >= 15 is 0 Å². The van der Waals surface area contributed by atoms with E-state index < -0.39 is 0 Å². The Labute approximate surface area is 131 Å². The molecule has 0 aromatic heterocycles. The molecule has 1 unspecified atom stereocenters. The van der Waals surface area contributed by atoms with Crippen LogP contribution in [0.1, 0.15) is 42.6 Å². The number of carbonyl (C=O) groups is 1. The average molecular weight is 295 g/mol. The maximum atomic E-state index is 12.5. The molecule has 1 heterocycles. The number of carbonyl (C=O) groups excluding carboxylic acids is 1. The van der Waals surface area contributed by atoms with Crippen molar-refractivity contribution in [2.45, 2.75) is 39.0 Å². The van der Waals surface area contributed by atoms with Crippen molar-refractivity contribution in [2.24, 2.45) is 0 Å². The first kappa shape index (κ1) is 14.6. The Morgan fingerprint density at radius 3 is 2.23 bits per heavy atom. The van der Waals surface area contributed by atoms with E-state index in [-0.39, 0.29) is 12.2 Å². The lowest BCUT2D eigenvalue weighted by molar-refractivity contribution is 0.0571. The van der Waals surface area contributed by atoms with Gasteiger partial charge in [0.2, 0.25) is 0 Å². The monoisotopic (exact) mass is 295 g/mol. The number of ether oxygens (including phenoxy) is 1. The second kappa shape index (κ2) is 6.65. The first-order valence-electron chi connectivity index (χ1n) is 7.85. The Balaban J connectivity index is 1.68. The molecule has 0 fully saturated rings. The zero-order valence-corrected chi connectivity index (χ0v) is 12.9. The summed E-state index contributed by atoms with van der Waals surface area (Å²) in [6.45, 7) is 3.39. The molecule has 3 nitrogen and oxygen atoms in total. The van der Waals surface area contributed by atoms with Gasteiger partial charge in [0.25, 0.3) is 0 Å². The van der Waals surface area contributed by atoms with Gasteiger partial charge in [-0.15, -0.1) is 0 Å². The molecule has 1 aliphatic rings. The van der Waals surface area contributed by atoms with Gasteiger partial charge in [0.05, 0.1) is 0 Å². The number of amides is 1. The summed E-state index contributed by atoms with van der Waals surface area (Å²) in [5, 5.41) is 0. The Hall–Kier alpha value is -2.29. The minimum Gasteiger partial charge on any atom is -0.441 e. The molecule has 0 bridgehead atoms. The molecular weight excluding hydrogens is 274 g/mol. The van der Waals surface area contributed by atoms with Gasteiger partial charge in [-0.3, -0.25) is 4.90 Å². The standard InChI is InChI=1S/C19H21NO2/c1-2-8-18(15-9-4-3-5-10-15)22-19(21)20-13-16-11-6-7-12-17(16)14-20/h3-7,9-12,18H,2,8,13-14H2,1H3. The highest BCUT2D eigenvalue weighted by Crippen LogP contribution is 2.27. The van der Waals surface area contributed by atoms with Crippen molar-refractivity contribution in [3.05, 3.63) is 71.3 Å². The largest absolute Gasteiger partial charge is 0.441 e. The number of fused-ring (bicyclic) bond motifs is 1. The van der Waals surface area contributed by atoms with Crippen LogP contribution in [0.2, 0.25) is 0 Å². The zero-order valence-electron chi connectivity index (χ0n) is 12.9. The number of hydrogen-bond donors (Lipinski definition) is 0. The summed E-state index contributed by atoms with van der Waals surface area (Å²) < 4.78 is 5.78. The average Bonchev–Trinajstić information content (AvgIpc) is 2.99. The molecule has 2 aromatic carbocycles. The van der Waals surface area contributed by atoms with Crippen molar-refractivity contribution in [2.75, 3.05) is 0 Å². The lowest BCUT2D eigenvalue weighted by atomic mass is 10.1. The molecule has 0 saturated carbocycles. The van der Waals surface area contributed by atoms with E-state index in [9.17, 15) is 4.79 Å². The van der Waals surface area contributed by atoms with E-state index in [0.717, 1.165) is 18.4 Å². The molecule has 3 heteroatoms. The molecule has 1 amide bonds. The van der Waals surface area contributed by atoms with Gasteiger partial charge < -0.3 is 4.74 Å². The lowest BCUT2D eigenvalue weighted by Crippen LogP contribution is -2.27. The van der Waals surface area contributed by atoms with Gasteiger partial charge in [0.15, 0.2) is 0 Å². The lowest BCUT2D eigenvalue weighted by Gasteiger charge is -2.22. The van der Waals surface area contributed by atoms with Crippen molar-refractivity contribution < 1.29 is 9.53 Å². The van der Waals surface area contributed by atoms with Crippen LogP contribution in [-0.4, -0.2) is 11.0 Å². The number of benzene rings is 2. The van der Waals surface area contributed by atoms with Crippen LogP contribution in [-0.2, 0) is 17.8 Å². The zero-order chi connectivity index (χ0) is 15.4. The van der Waals surface area contributed by atoms with Crippen molar-refractivity contribution in [1.82, 2.24) is 4.90 Å². The van der Waals surface area contributed by atoms with Gasteiger partial charge in [-0.25, -0.2) is 4.79 Å². The number of rotatable bonds is 4. The van der Waals surface area contributed by atoms with Crippen molar-refractivity contribution in [1.29, 1.82) is 0 Å². The molecule has 22 heavy (non-hydrogen) atoms. The summed E-state index contributed by atoms with van der Waals surface area (Å²) in [7, 11) is 0. The van der Waals surface area contributed by atoms with Crippen molar-refractivity contribution in [3.8, 4) is 0 Å². The van der Waals surface area contributed by atoms with Crippen LogP contribution >= 0.6 is 0 Å². The third-order valence-corrected chi connectivity index (χ3v) is 4.06. The molecule has 3 rings (SSSR count). The Bertz CT molecular complexity index is 614. The van der Waals surface area contributed by atoms with Gasteiger partial charge in [-0.2, -0.15) is 0 Å². The molecule has 114 valence electrons. The van der Waals surface area contributed by atoms with E-state index in [2.05, 4.69) is 19.1 Å². The van der Waals surface area contributed by atoms with Gasteiger partial charge in [-0.1, -0.05) is 67.9 Å². The predicted octanol–water partition coefficient (Wildman–Crippen LogP) is 4.68. The summed E-state index contributed by atoms with van der Waals surface area (Å²) in [4.78, 5) is 14.3. The molecule has 0 spiro atoms. The van der Waals surface area contributed by atoms with Crippen LogP contribution in [0.5, 0.6) is 0 Å². The summed E-state index contributed by atoms with van der Waals surface area (Å²) >= 11 is 0. The molecule has 2 aromatic rings. The van der Waals surface area contributed by atoms with Crippen molar-refractivity contribution >= 4 is 6.09 Å². The minimum absolute atomic E-state index is 0.164. The topological polar surface area (TPSA) is 29.5 Å². The van der Waals surface area contributed by atoms with E-state index in [1.165, 1.54) is 11.1 Å². The summed E-state index contributed by atoms with van der Waals surface area (Å²) in [5.74, 6) is 0. The van der Waals surface area contributed by atoms with Gasteiger partial charge >= 0.3 is 6.09 Å². The van der Waals surface area contributed by atoms with E-state index in [4.69, 9.17) is 4.74 Å². The second-order valence-electron chi connectivity index (χ2n) is 5.70. The van der Waals surface area contributed by atoms with Gasteiger partial charge in [0, 0.05) is 13.1 Å². The Morgan fingerprint density at radius 2 is 1.64 bits per heavy atom.